The van der Waals surface area contributed by atoms with Crippen LogP contribution in [-0.4, -0.2) is 69.4 Å². The summed E-state index contributed by atoms with van der Waals surface area (Å²) in [5.41, 5.74) is 11.4. The van der Waals surface area contributed by atoms with Gasteiger partial charge >= 0.3 is 0 Å². The molecule has 4 aromatic rings. The molecule has 0 bridgehead atoms. The van der Waals surface area contributed by atoms with Crippen LogP contribution in [0.2, 0.25) is 0 Å². The Bertz CT molecular complexity index is 1820. The minimum absolute atomic E-state index is 0.117. The zero-order valence-electron chi connectivity index (χ0n) is 28.8. The summed E-state index contributed by atoms with van der Waals surface area (Å²) in [6.07, 6.45) is 6.02. The summed E-state index contributed by atoms with van der Waals surface area (Å²) >= 11 is 0. The highest BCUT2D eigenvalue weighted by Gasteiger charge is 2.30. The van der Waals surface area contributed by atoms with Crippen molar-refractivity contribution in [3.8, 4) is 22.5 Å². The van der Waals surface area contributed by atoms with Crippen molar-refractivity contribution in [2.24, 2.45) is 17.6 Å². The molecule has 2 heterocycles. The van der Waals surface area contributed by atoms with E-state index in [-0.39, 0.29) is 29.5 Å². The van der Waals surface area contributed by atoms with Gasteiger partial charge in [0.25, 0.3) is 5.91 Å². The number of hydrogen-bond donors (Lipinski definition) is 6. The average molecular weight is 692 g/mol. The predicted molar refractivity (Wildman–Crippen MR) is 193 cm³/mol. The van der Waals surface area contributed by atoms with Crippen LogP contribution in [0.4, 0.5) is 5.69 Å². The van der Waals surface area contributed by atoms with Gasteiger partial charge in [0.15, 0.2) is 0 Å². The summed E-state index contributed by atoms with van der Waals surface area (Å²) in [5.74, 6) is -0.119. The van der Waals surface area contributed by atoms with Crippen LogP contribution in [0.1, 0.15) is 66.4 Å². The van der Waals surface area contributed by atoms with Crippen molar-refractivity contribution >= 4 is 29.3 Å². The maximum Gasteiger partial charge on any atom is 0.251 e. The highest BCUT2D eigenvalue weighted by atomic mass is 16.2. The van der Waals surface area contributed by atoms with Crippen LogP contribution < -0.4 is 27.0 Å². The lowest BCUT2D eigenvalue weighted by atomic mass is 9.81. The molecule has 1 aliphatic heterocycles. The lowest BCUT2D eigenvalue weighted by molar-refractivity contribution is -0.130. The SMILES string of the molecule is Cc1cc(C(=O)N[C@@H]2CCCCNC2=O)ccc1-c1ccc(C[C@H](NC(=O)C2CCC(CN)CC2)C(=O)Nc2ccc(-c3nn[nH]n3)cc2)cc1. The molecule has 4 amide bonds. The number of amides is 4. The number of aryl methyl sites for hydroxylation is 1. The lowest BCUT2D eigenvalue weighted by Crippen LogP contribution is -2.48. The molecule has 0 spiro atoms. The highest BCUT2D eigenvalue weighted by Crippen LogP contribution is 2.29. The molecule has 2 atom stereocenters. The fourth-order valence-corrected chi connectivity index (χ4v) is 6.88. The van der Waals surface area contributed by atoms with Crippen molar-refractivity contribution < 1.29 is 19.2 Å². The second-order valence-corrected chi connectivity index (χ2v) is 13.6. The first-order chi connectivity index (χ1) is 24.8. The number of hydrogen-bond acceptors (Lipinski definition) is 8. The van der Waals surface area contributed by atoms with E-state index in [0.717, 1.165) is 66.3 Å². The number of rotatable bonds is 11. The van der Waals surface area contributed by atoms with Crippen molar-refractivity contribution in [1.82, 2.24) is 36.6 Å². The van der Waals surface area contributed by atoms with E-state index in [1.807, 2.05) is 43.3 Å². The van der Waals surface area contributed by atoms with E-state index >= 15 is 0 Å². The van der Waals surface area contributed by atoms with Crippen LogP contribution in [0.15, 0.2) is 66.7 Å². The molecule has 1 aliphatic carbocycles. The van der Waals surface area contributed by atoms with E-state index < -0.39 is 12.1 Å². The molecule has 7 N–H and O–H groups in total. The van der Waals surface area contributed by atoms with E-state index in [9.17, 15) is 19.2 Å². The smallest absolute Gasteiger partial charge is 0.251 e. The van der Waals surface area contributed by atoms with E-state index in [1.54, 1.807) is 30.3 Å². The Morgan fingerprint density at radius 3 is 2.35 bits per heavy atom. The Morgan fingerprint density at radius 2 is 1.67 bits per heavy atom. The molecule has 13 heteroatoms. The lowest BCUT2D eigenvalue weighted by Gasteiger charge is -2.28. The Balaban J connectivity index is 1.14. The third kappa shape index (κ3) is 9.03. The first-order valence-electron chi connectivity index (χ1n) is 17.7. The van der Waals surface area contributed by atoms with Gasteiger partial charge in [-0.05, 0) is 128 Å². The van der Waals surface area contributed by atoms with Gasteiger partial charge in [0.1, 0.15) is 12.1 Å². The van der Waals surface area contributed by atoms with Crippen molar-refractivity contribution in [2.45, 2.75) is 70.4 Å². The molecule has 266 valence electrons. The summed E-state index contributed by atoms with van der Waals surface area (Å²) in [5, 5.41) is 25.7. The fraction of sp³-hybridized carbons (Fsp3) is 0.395. The molecule has 51 heavy (non-hydrogen) atoms. The van der Waals surface area contributed by atoms with Crippen LogP contribution in [0, 0.1) is 18.8 Å². The summed E-state index contributed by atoms with van der Waals surface area (Å²) in [4.78, 5) is 52.4. The van der Waals surface area contributed by atoms with E-state index in [1.165, 1.54) is 0 Å². The largest absolute Gasteiger partial charge is 0.354 e. The number of H-pyrrole nitrogens is 1. The molecule has 0 unspecified atom stereocenters. The molecule has 2 aliphatic rings. The third-order valence-corrected chi connectivity index (χ3v) is 9.97. The molecule has 2 fully saturated rings. The maximum atomic E-state index is 13.7. The zero-order valence-corrected chi connectivity index (χ0v) is 28.8. The number of benzene rings is 3. The number of tetrazole rings is 1. The number of anilines is 1. The number of nitrogens with zero attached hydrogens (tertiary/aromatic N) is 3. The minimum Gasteiger partial charge on any atom is -0.354 e. The third-order valence-electron chi connectivity index (χ3n) is 9.97. The normalized spacial score (nSPS) is 19.6. The van der Waals surface area contributed by atoms with Gasteiger partial charge in [0.2, 0.25) is 23.5 Å². The number of aromatic amines is 1. The van der Waals surface area contributed by atoms with Gasteiger partial charge in [-0.15, -0.1) is 10.2 Å². The average Bonchev–Trinajstić information content (AvgIpc) is 3.62. The Morgan fingerprint density at radius 1 is 0.922 bits per heavy atom. The van der Waals surface area contributed by atoms with Crippen LogP contribution in [0.25, 0.3) is 22.5 Å². The van der Waals surface area contributed by atoms with Gasteiger partial charge < -0.3 is 27.0 Å². The predicted octanol–water partition coefficient (Wildman–Crippen LogP) is 3.67. The van der Waals surface area contributed by atoms with Gasteiger partial charge in [-0.1, -0.05) is 30.3 Å². The summed E-state index contributed by atoms with van der Waals surface area (Å²) in [7, 11) is 0. The van der Waals surface area contributed by atoms with Crippen molar-refractivity contribution in [3.63, 3.8) is 0 Å². The molecular formula is C38H45N9O4. The Hall–Kier alpha value is -5.43. The molecule has 1 saturated carbocycles. The number of carbonyl (C=O) groups excluding carboxylic acids is 4. The van der Waals surface area contributed by atoms with E-state index in [0.29, 0.717) is 48.9 Å². The summed E-state index contributed by atoms with van der Waals surface area (Å²) in [6.45, 7) is 3.21. The number of nitrogens with one attached hydrogen (secondary N) is 5. The summed E-state index contributed by atoms with van der Waals surface area (Å²) < 4.78 is 0. The summed E-state index contributed by atoms with van der Waals surface area (Å²) in [6, 6.07) is 19.2. The Kier molecular flexibility index (Phi) is 11.5. The van der Waals surface area contributed by atoms with Crippen LogP contribution in [0.3, 0.4) is 0 Å². The first kappa shape index (κ1) is 35.4. The molecule has 13 nitrogen and oxygen atoms in total. The highest BCUT2D eigenvalue weighted by molar-refractivity contribution is 5.99. The Labute approximate surface area is 296 Å². The van der Waals surface area contributed by atoms with Crippen LogP contribution >= 0.6 is 0 Å². The number of carbonyl (C=O) groups is 4. The molecule has 0 radical (unpaired) electrons. The number of nitrogens with two attached hydrogens (primary N) is 1. The molecule has 1 aromatic heterocycles. The maximum absolute atomic E-state index is 13.7. The molecular weight excluding hydrogens is 646 g/mol. The second-order valence-electron chi connectivity index (χ2n) is 13.6. The monoisotopic (exact) mass is 691 g/mol. The second kappa shape index (κ2) is 16.5. The van der Waals surface area contributed by atoms with Gasteiger partial charge in [-0.25, -0.2) is 0 Å². The quantitative estimate of drug-likeness (QED) is 0.137. The molecule has 3 aromatic carbocycles. The van der Waals surface area contributed by atoms with Gasteiger partial charge in [-0.2, -0.15) is 5.21 Å². The zero-order chi connectivity index (χ0) is 35.7. The van der Waals surface area contributed by atoms with Crippen molar-refractivity contribution in [3.05, 3.63) is 83.4 Å². The van der Waals surface area contributed by atoms with Gasteiger partial charge in [0.05, 0.1) is 0 Å². The van der Waals surface area contributed by atoms with Gasteiger partial charge in [-0.3, -0.25) is 19.2 Å². The standard InChI is InChI=1S/C38H45N9O4/c1-23-20-29(36(49)42-32-4-2-3-19-40-37(32)50)15-18-31(23)26-9-5-24(6-10-26)21-33(43-35(48)28-11-7-25(22-39)8-12-28)38(51)41-30-16-13-27(14-17-30)34-44-46-47-45-34/h5-6,9-10,13-18,20,25,28,32-33H,2-4,7-8,11-12,19,21-22,39H2,1H3,(H,40,50)(H,41,51)(H,42,49)(H,43,48)(H,44,45,46,47)/t25?,28?,32-,33+/m1/s1. The first-order valence-corrected chi connectivity index (χ1v) is 17.7. The molecule has 1 saturated heterocycles. The number of aromatic nitrogens is 4. The van der Waals surface area contributed by atoms with Crippen LogP contribution in [-0.2, 0) is 20.8 Å². The molecule has 6 rings (SSSR count). The topological polar surface area (TPSA) is 197 Å². The minimum atomic E-state index is -0.803. The van der Waals surface area contributed by atoms with Crippen LogP contribution in [0.5, 0.6) is 0 Å². The van der Waals surface area contributed by atoms with E-state index in [4.69, 9.17) is 5.73 Å². The van der Waals surface area contributed by atoms with Crippen molar-refractivity contribution in [2.75, 3.05) is 18.4 Å². The van der Waals surface area contributed by atoms with E-state index in [2.05, 4.69) is 41.9 Å². The fourth-order valence-electron chi connectivity index (χ4n) is 6.88. The van der Waals surface area contributed by atoms with Gasteiger partial charge in [0, 0.05) is 35.7 Å². The van der Waals surface area contributed by atoms with Crippen molar-refractivity contribution in [1.29, 1.82) is 0 Å².